The van der Waals surface area contributed by atoms with Crippen LogP contribution in [0.1, 0.15) is 12.7 Å². The van der Waals surface area contributed by atoms with E-state index in [0.717, 1.165) is 0 Å². The van der Waals surface area contributed by atoms with Crippen LogP contribution in [0.2, 0.25) is 5.02 Å². The molecule has 0 saturated heterocycles. The molecule has 130 valence electrons. The van der Waals surface area contributed by atoms with Gasteiger partial charge in [0, 0.05) is 0 Å². The third-order valence-electron chi connectivity index (χ3n) is 3.18. The lowest BCUT2D eigenvalue weighted by molar-refractivity contribution is -0.122. The molecule has 0 aliphatic carbocycles. The van der Waals surface area contributed by atoms with Crippen LogP contribution in [0, 0.1) is 0 Å². The Kier molecular flexibility index (Phi) is 5.87. The summed E-state index contributed by atoms with van der Waals surface area (Å²) in [6, 6.07) is 6.48. The van der Waals surface area contributed by atoms with Crippen molar-refractivity contribution < 1.29 is 22.4 Å². The van der Waals surface area contributed by atoms with Crippen molar-refractivity contribution in [3.63, 3.8) is 0 Å². The molecular formula is C15H17ClN2O5S. The van der Waals surface area contributed by atoms with E-state index in [2.05, 4.69) is 10.0 Å². The molecule has 1 aromatic carbocycles. The second-order valence-electron chi connectivity index (χ2n) is 4.94. The van der Waals surface area contributed by atoms with Crippen molar-refractivity contribution in [2.24, 2.45) is 0 Å². The summed E-state index contributed by atoms with van der Waals surface area (Å²) in [5, 5.41) is 2.75. The Labute approximate surface area is 145 Å². The maximum Gasteiger partial charge on any atom is 0.241 e. The number of amides is 1. The minimum Gasteiger partial charge on any atom is -0.495 e. The molecule has 0 aliphatic heterocycles. The zero-order valence-electron chi connectivity index (χ0n) is 13.1. The molecule has 1 aromatic heterocycles. The molecular weight excluding hydrogens is 356 g/mol. The van der Waals surface area contributed by atoms with Crippen LogP contribution >= 0.6 is 11.6 Å². The predicted molar refractivity (Wildman–Crippen MR) is 88.3 cm³/mol. The van der Waals surface area contributed by atoms with Crippen molar-refractivity contribution in [1.29, 1.82) is 0 Å². The molecule has 0 fully saturated rings. The van der Waals surface area contributed by atoms with Crippen LogP contribution in [0.25, 0.3) is 0 Å². The molecule has 9 heteroatoms. The van der Waals surface area contributed by atoms with Gasteiger partial charge in [-0.2, -0.15) is 4.72 Å². The van der Waals surface area contributed by atoms with Gasteiger partial charge in [-0.3, -0.25) is 4.79 Å². The van der Waals surface area contributed by atoms with E-state index in [0.29, 0.717) is 11.5 Å². The topological polar surface area (TPSA) is 97.6 Å². The van der Waals surface area contributed by atoms with E-state index in [4.69, 9.17) is 20.8 Å². The number of furan rings is 1. The summed E-state index contributed by atoms with van der Waals surface area (Å²) in [6.45, 7) is 1.62. The zero-order chi connectivity index (χ0) is 17.7. The van der Waals surface area contributed by atoms with E-state index >= 15 is 0 Å². The summed E-state index contributed by atoms with van der Waals surface area (Å²) >= 11 is 5.93. The average molecular weight is 373 g/mol. The first-order valence-corrected chi connectivity index (χ1v) is 8.85. The van der Waals surface area contributed by atoms with Crippen LogP contribution in [-0.2, 0) is 21.4 Å². The van der Waals surface area contributed by atoms with Gasteiger partial charge in [0.1, 0.15) is 11.5 Å². The smallest absolute Gasteiger partial charge is 0.241 e. The number of halogens is 1. The fourth-order valence-corrected chi connectivity index (χ4v) is 3.46. The minimum absolute atomic E-state index is 0.0565. The second-order valence-corrected chi connectivity index (χ2v) is 7.06. The molecule has 2 aromatic rings. The fourth-order valence-electron chi connectivity index (χ4n) is 1.91. The summed E-state index contributed by atoms with van der Waals surface area (Å²) in [4.78, 5) is 11.9. The molecule has 0 spiro atoms. The second kappa shape index (κ2) is 7.69. The van der Waals surface area contributed by atoms with Gasteiger partial charge in [0.2, 0.25) is 15.9 Å². The molecule has 0 radical (unpaired) electrons. The number of ether oxygens (including phenoxy) is 1. The van der Waals surface area contributed by atoms with Crippen LogP contribution in [0.15, 0.2) is 45.9 Å². The normalized spacial score (nSPS) is 12.6. The van der Waals surface area contributed by atoms with Gasteiger partial charge >= 0.3 is 0 Å². The van der Waals surface area contributed by atoms with Crippen molar-refractivity contribution in [2.75, 3.05) is 7.11 Å². The van der Waals surface area contributed by atoms with E-state index in [-0.39, 0.29) is 16.5 Å². The fraction of sp³-hybridized carbons (Fsp3) is 0.267. The quantitative estimate of drug-likeness (QED) is 0.773. The van der Waals surface area contributed by atoms with Crippen LogP contribution in [0.5, 0.6) is 5.75 Å². The highest BCUT2D eigenvalue weighted by Gasteiger charge is 2.22. The highest BCUT2D eigenvalue weighted by molar-refractivity contribution is 7.89. The van der Waals surface area contributed by atoms with Crippen LogP contribution < -0.4 is 14.8 Å². The Bertz CT molecular complexity index is 805. The predicted octanol–water partition coefficient (Wildman–Crippen LogP) is 1.92. The Morgan fingerprint density at radius 2 is 2.12 bits per heavy atom. The van der Waals surface area contributed by atoms with Crippen molar-refractivity contribution in [1.82, 2.24) is 10.0 Å². The highest BCUT2D eigenvalue weighted by atomic mass is 35.5. The SMILES string of the molecule is COc1ccc(S(=O)(=O)N[C@@H](C)C(=O)NCc2ccco2)cc1Cl. The van der Waals surface area contributed by atoms with Gasteiger partial charge in [-0.05, 0) is 37.3 Å². The maximum atomic E-state index is 12.3. The van der Waals surface area contributed by atoms with Crippen molar-refractivity contribution in [3.05, 3.63) is 47.4 Å². The van der Waals surface area contributed by atoms with Crippen molar-refractivity contribution in [3.8, 4) is 5.75 Å². The first kappa shape index (κ1) is 18.3. The largest absolute Gasteiger partial charge is 0.495 e. The summed E-state index contributed by atoms with van der Waals surface area (Å²) < 4.78 is 37.0. The molecule has 1 heterocycles. The first-order chi connectivity index (χ1) is 11.3. The number of sulfonamides is 1. The number of benzene rings is 1. The van der Waals surface area contributed by atoms with E-state index in [1.165, 1.54) is 38.5 Å². The Balaban J connectivity index is 2.02. The van der Waals surface area contributed by atoms with Gasteiger partial charge in [0.25, 0.3) is 0 Å². The molecule has 24 heavy (non-hydrogen) atoms. The van der Waals surface area contributed by atoms with Gasteiger partial charge in [0.15, 0.2) is 0 Å². The summed E-state index contributed by atoms with van der Waals surface area (Å²) in [6.07, 6.45) is 1.49. The van der Waals surface area contributed by atoms with Gasteiger partial charge in [0.05, 0.1) is 35.9 Å². The number of carbonyl (C=O) groups is 1. The van der Waals surface area contributed by atoms with Gasteiger partial charge in [-0.1, -0.05) is 11.6 Å². The summed E-state index contributed by atoms with van der Waals surface area (Å²) in [5.74, 6) is 0.454. The number of methoxy groups -OCH3 is 1. The number of hydrogen-bond acceptors (Lipinski definition) is 5. The number of hydrogen-bond donors (Lipinski definition) is 2. The zero-order valence-corrected chi connectivity index (χ0v) is 14.6. The van der Waals surface area contributed by atoms with Crippen molar-refractivity contribution >= 4 is 27.5 Å². The number of carbonyl (C=O) groups excluding carboxylic acids is 1. The van der Waals surface area contributed by atoms with Gasteiger partial charge < -0.3 is 14.5 Å². The molecule has 0 aliphatic rings. The molecule has 1 amide bonds. The monoisotopic (exact) mass is 372 g/mol. The maximum absolute atomic E-state index is 12.3. The Hall–Kier alpha value is -2.03. The lowest BCUT2D eigenvalue weighted by Crippen LogP contribution is -2.44. The number of rotatable bonds is 7. The Morgan fingerprint density at radius 3 is 2.71 bits per heavy atom. The lowest BCUT2D eigenvalue weighted by Gasteiger charge is -2.14. The van der Waals surface area contributed by atoms with E-state index in [1.54, 1.807) is 12.1 Å². The van der Waals surface area contributed by atoms with Crippen LogP contribution in [0.4, 0.5) is 0 Å². The minimum atomic E-state index is -3.90. The van der Waals surface area contributed by atoms with Gasteiger partial charge in [-0.25, -0.2) is 8.42 Å². The molecule has 2 N–H and O–H groups in total. The summed E-state index contributed by atoms with van der Waals surface area (Å²) in [7, 11) is -2.47. The molecule has 2 rings (SSSR count). The van der Waals surface area contributed by atoms with Crippen molar-refractivity contribution in [2.45, 2.75) is 24.4 Å². The molecule has 0 unspecified atom stereocenters. The molecule has 1 atom stereocenters. The van der Waals surface area contributed by atoms with E-state index < -0.39 is 22.0 Å². The van der Waals surface area contributed by atoms with E-state index in [9.17, 15) is 13.2 Å². The molecule has 0 saturated carbocycles. The summed E-state index contributed by atoms with van der Waals surface area (Å²) in [5.41, 5.74) is 0. The third kappa shape index (κ3) is 4.50. The standard InChI is InChI=1S/C15H17ClN2O5S/c1-10(15(19)17-9-11-4-3-7-23-11)18-24(20,21)12-5-6-14(22-2)13(16)8-12/h3-8,10,18H,9H2,1-2H3,(H,17,19)/t10-/m0/s1. The molecule has 7 nitrogen and oxygen atoms in total. The van der Waals surface area contributed by atoms with Crippen LogP contribution in [-0.4, -0.2) is 27.5 Å². The highest BCUT2D eigenvalue weighted by Crippen LogP contribution is 2.26. The average Bonchev–Trinajstić information content (AvgIpc) is 3.05. The third-order valence-corrected chi connectivity index (χ3v) is 5.01. The van der Waals surface area contributed by atoms with E-state index in [1.807, 2.05) is 0 Å². The first-order valence-electron chi connectivity index (χ1n) is 6.99. The molecule has 0 bridgehead atoms. The van der Waals surface area contributed by atoms with Crippen LogP contribution in [0.3, 0.4) is 0 Å². The van der Waals surface area contributed by atoms with Gasteiger partial charge in [-0.15, -0.1) is 0 Å². The lowest BCUT2D eigenvalue weighted by atomic mass is 10.3. The Morgan fingerprint density at radius 1 is 1.38 bits per heavy atom. The number of nitrogens with one attached hydrogen (secondary N) is 2.